The maximum atomic E-state index is 13.0. The topological polar surface area (TPSA) is 119 Å². The number of nitrogens with two attached hydrogens (primary N) is 1. The SMILES string of the molecule is Cc1ccc(C)c(-n2ccnc2SCC(=O)N(C)c2c(N)n(Cc3ccccc3)c(=O)[nH]c2=O)c1. The number of carbonyl (C=O) groups is 1. The van der Waals surface area contributed by atoms with Gasteiger partial charge in [0.1, 0.15) is 5.82 Å². The van der Waals surface area contributed by atoms with Gasteiger partial charge in [-0.25, -0.2) is 9.78 Å². The molecular weight excluding hydrogens is 464 g/mol. The van der Waals surface area contributed by atoms with Crippen LogP contribution >= 0.6 is 11.8 Å². The highest BCUT2D eigenvalue weighted by molar-refractivity contribution is 7.99. The standard InChI is InChI=1S/C25H26N6O3S/c1-16-9-10-17(2)19(13-16)30-12-11-27-25(30)35-15-20(32)29(3)21-22(26)31(24(34)28-23(21)33)14-18-7-5-4-6-8-18/h4-13H,14-15,26H2,1-3H3,(H,28,33,34). The molecule has 0 unspecified atom stereocenters. The second-order valence-electron chi connectivity index (χ2n) is 8.18. The van der Waals surface area contributed by atoms with E-state index in [1.807, 2.05) is 67.1 Å². The molecule has 2 aromatic heterocycles. The molecule has 4 rings (SSSR count). The zero-order valence-corrected chi connectivity index (χ0v) is 20.5. The van der Waals surface area contributed by atoms with Gasteiger partial charge in [0.05, 0.1) is 18.0 Å². The highest BCUT2D eigenvalue weighted by atomic mass is 32.2. The minimum atomic E-state index is -0.713. The van der Waals surface area contributed by atoms with Crippen molar-refractivity contribution in [3.05, 3.63) is 98.5 Å². The van der Waals surface area contributed by atoms with Crippen LogP contribution in [0, 0.1) is 13.8 Å². The molecule has 1 amide bonds. The molecule has 35 heavy (non-hydrogen) atoms. The lowest BCUT2D eigenvalue weighted by molar-refractivity contribution is -0.115. The number of aromatic amines is 1. The van der Waals surface area contributed by atoms with E-state index in [1.54, 1.807) is 6.20 Å². The van der Waals surface area contributed by atoms with Crippen molar-refractivity contribution in [1.82, 2.24) is 19.1 Å². The van der Waals surface area contributed by atoms with Crippen LogP contribution in [0.15, 0.2) is 75.7 Å². The number of amides is 1. The van der Waals surface area contributed by atoms with Crippen LogP contribution in [0.4, 0.5) is 11.5 Å². The molecule has 0 aliphatic heterocycles. The van der Waals surface area contributed by atoms with E-state index < -0.39 is 11.2 Å². The molecule has 0 spiro atoms. The number of H-pyrrole nitrogens is 1. The molecule has 9 nitrogen and oxygen atoms in total. The summed E-state index contributed by atoms with van der Waals surface area (Å²) in [5.41, 5.74) is 8.83. The summed E-state index contributed by atoms with van der Waals surface area (Å²) >= 11 is 1.25. The normalized spacial score (nSPS) is 10.9. The lowest BCUT2D eigenvalue weighted by Gasteiger charge is -2.20. The van der Waals surface area contributed by atoms with Gasteiger partial charge in [-0.1, -0.05) is 54.2 Å². The number of aromatic nitrogens is 4. The number of thioether (sulfide) groups is 1. The monoisotopic (exact) mass is 490 g/mol. The minimum Gasteiger partial charge on any atom is -0.383 e. The molecule has 10 heteroatoms. The molecule has 2 aromatic carbocycles. The maximum absolute atomic E-state index is 13.0. The third-order valence-corrected chi connectivity index (χ3v) is 6.61. The van der Waals surface area contributed by atoms with E-state index >= 15 is 0 Å². The summed E-state index contributed by atoms with van der Waals surface area (Å²) in [7, 11) is 1.47. The zero-order valence-electron chi connectivity index (χ0n) is 19.7. The highest BCUT2D eigenvalue weighted by Crippen LogP contribution is 2.25. The van der Waals surface area contributed by atoms with E-state index in [2.05, 4.69) is 16.0 Å². The first kappa shape index (κ1) is 24.1. The van der Waals surface area contributed by atoms with Crippen LogP contribution in [0.2, 0.25) is 0 Å². The second-order valence-corrected chi connectivity index (χ2v) is 9.12. The van der Waals surface area contributed by atoms with Crippen LogP contribution in [0.1, 0.15) is 16.7 Å². The molecule has 180 valence electrons. The number of nitrogens with zero attached hydrogens (tertiary/aromatic N) is 4. The Kier molecular flexibility index (Phi) is 6.92. The van der Waals surface area contributed by atoms with Crippen molar-refractivity contribution in [2.75, 3.05) is 23.4 Å². The molecule has 4 aromatic rings. The first-order valence-corrected chi connectivity index (χ1v) is 11.9. The Morgan fingerprint density at radius 1 is 1.14 bits per heavy atom. The predicted molar refractivity (Wildman–Crippen MR) is 138 cm³/mol. The average Bonchev–Trinajstić information content (AvgIpc) is 3.30. The van der Waals surface area contributed by atoms with Crippen molar-refractivity contribution in [3.63, 3.8) is 0 Å². The van der Waals surface area contributed by atoms with Gasteiger partial charge in [-0.3, -0.25) is 23.7 Å². The number of benzene rings is 2. The van der Waals surface area contributed by atoms with Crippen LogP contribution in [0.3, 0.4) is 0 Å². The fraction of sp³-hybridized carbons (Fsp3) is 0.200. The quantitative estimate of drug-likeness (QED) is 0.385. The largest absolute Gasteiger partial charge is 0.383 e. The molecule has 3 N–H and O–H groups in total. The number of imidazole rings is 1. The Morgan fingerprint density at radius 3 is 2.63 bits per heavy atom. The summed E-state index contributed by atoms with van der Waals surface area (Å²) in [6.45, 7) is 4.20. The number of rotatable bonds is 7. The summed E-state index contributed by atoms with van der Waals surface area (Å²) in [6.07, 6.45) is 3.53. The van der Waals surface area contributed by atoms with Gasteiger partial charge in [-0.2, -0.15) is 0 Å². The molecule has 0 aliphatic rings. The van der Waals surface area contributed by atoms with E-state index in [-0.39, 0.29) is 29.7 Å². The van der Waals surface area contributed by atoms with E-state index in [0.717, 1.165) is 22.4 Å². The highest BCUT2D eigenvalue weighted by Gasteiger charge is 2.22. The van der Waals surface area contributed by atoms with E-state index in [1.165, 1.54) is 28.3 Å². The van der Waals surface area contributed by atoms with Gasteiger partial charge in [-0.15, -0.1) is 0 Å². The third kappa shape index (κ3) is 5.07. The lowest BCUT2D eigenvalue weighted by atomic mass is 10.1. The Balaban J connectivity index is 1.56. The number of hydrogen-bond donors (Lipinski definition) is 2. The molecule has 0 fully saturated rings. The first-order valence-electron chi connectivity index (χ1n) is 10.9. The molecule has 0 radical (unpaired) electrons. The van der Waals surface area contributed by atoms with Gasteiger partial charge in [-0.05, 0) is 36.6 Å². The van der Waals surface area contributed by atoms with Gasteiger partial charge in [0, 0.05) is 19.4 Å². The molecule has 0 saturated heterocycles. The first-order chi connectivity index (χ1) is 16.8. The van der Waals surface area contributed by atoms with Gasteiger partial charge in [0.15, 0.2) is 10.8 Å². The van der Waals surface area contributed by atoms with E-state index in [0.29, 0.717) is 5.16 Å². The maximum Gasteiger partial charge on any atom is 0.330 e. The number of nitrogens with one attached hydrogen (secondary N) is 1. The summed E-state index contributed by atoms with van der Waals surface area (Å²) in [4.78, 5) is 45.9. The summed E-state index contributed by atoms with van der Waals surface area (Å²) in [5.74, 6) is -0.400. The number of nitrogen functional groups attached to an aromatic ring is 1. The van der Waals surface area contributed by atoms with Crippen molar-refractivity contribution >= 4 is 29.2 Å². The Morgan fingerprint density at radius 2 is 1.89 bits per heavy atom. The van der Waals surface area contributed by atoms with Crippen molar-refractivity contribution in [2.45, 2.75) is 25.5 Å². The Bertz CT molecular complexity index is 1490. The van der Waals surface area contributed by atoms with Gasteiger partial charge in [0.25, 0.3) is 5.56 Å². The van der Waals surface area contributed by atoms with Crippen molar-refractivity contribution in [3.8, 4) is 5.69 Å². The Hall–Kier alpha value is -4.05. The average molecular weight is 491 g/mol. The van der Waals surface area contributed by atoms with Crippen molar-refractivity contribution < 1.29 is 4.79 Å². The number of aryl methyl sites for hydroxylation is 2. The van der Waals surface area contributed by atoms with Crippen molar-refractivity contribution in [2.24, 2.45) is 0 Å². The van der Waals surface area contributed by atoms with Crippen LogP contribution in [0.25, 0.3) is 5.69 Å². The summed E-state index contributed by atoms with van der Waals surface area (Å²) < 4.78 is 3.18. The third-order valence-electron chi connectivity index (χ3n) is 5.66. The van der Waals surface area contributed by atoms with Gasteiger partial charge in [0.2, 0.25) is 5.91 Å². The van der Waals surface area contributed by atoms with Gasteiger partial charge >= 0.3 is 5.69 Å². The summed E-state index contributed by atoms with van der Waals surface area (Å²) in [6, 6.07) is 15.4. The van der Waals surface area contributed by atoms with Crippen LogP contribution < -0.4 is 21.9 Å². The fourth-order valence-corrected chi connectivity index (χ4v) is 4.61. The number of carbonyl (C=O) groups excluding carboxylic acids is 1. The molecule has 0 saturated carbocycles. The predicted octanol–water partition coefficient (Wildman–Crippen LogP) is 2.72. The summed E-state index contributed by atoms with van der Waals surface area (Å²) in [5, 5.41) is 0.649. The van der Waals surface area contributed by atoms with Gasteiger partial charge < -0.3 is 10.6 Å². The molecule has 0 aliphatic carbocycles. The minimum absolute atomic E-state index is 0.0229. The van der Waals surface area contributed by atoms with E-state index in [4.69, 9.17) is 5.73 Å². The van der Waals surface area contributed by atoms with Crippen molar-refractivity contribution in [1.29, 1.82) is 0 Å². The van der Waals surface area contributed by atoms with Crippen LogP contribution in [-0.2, 0) is 11.3 Å². The molecule has 2 heterocycles. The number of hydrogen-bond acceptors (Lipinski definition) is 6. The second kappa shape index (κ2) is 10.1. The molecular formula is C25H26N6O3S. The molecule has 0 bridgehead atoms. The molecule has 0 atom stereocenters. The smallest absolute Gasteiger partial charge is 0.330 e. The fourth-order valence-electron chi connectivity index (χ4n) is 3.73. The van der Waals surface area contributed by atoms with E-state index in [9.17, 15) is 14.4 Å². The van der Waals surface area contributed by atoms with Crippen LogP contribution in [-0.4, -0.2) is 37.8 Å². The Labute approximate surface area is 206 Å². The van der Waals surface area contributed by atoms with Crippen LogP contribution in [0.5, 0.6) is 0 Å². The lowest BCUT2D eigenvalue weighted by Crippen LogP contribution is -2.40. The zero-order chi connectivity index (χ0) is 25.1. The number of anilines is 2.